The first kappa shape index (κ1) is 13.4. The van der Waals surface area contributed by atoms with Crippen molar-refractivity contribution in [1.29, 1.82) is 5.26 Å². The second kappa shape index (κ2) is 6.79. The Bertz CT molecular complexity index is 436. The van der Waals surface area contributed by atoms with E-state index in [1.807, 2.05) is 19.2 Å². The summed E-state index contributed by atoms with van der Waals surface area (Å²) in [4.78, 5) is 1.06. The summed E-state index contributed by atoms with van der Waals surface area (Å²) in [5.41, 5.74) is 1.92. The smallest absolute Gasteiger partial charge is 0.100 e. The van der Waals surface area contributed by atoms with Crippen LogP contribution in [0.3, 0.4) is 0 Å². The van der Waals surface area contributed by atoms with Gasteiger partial charge in [-0.15, -0.1) is 11.8 Å². The molecule has 1 unspecified atom stereocenters. The fourth-order valence-corrected chi connectivity index (χ4v) is 3.12. The van der Waals surface area contributed by atoms with Gasteiger partial charge in [0.05, 0.1) is 11.7 Å². The van der Waals surface area contributed by atoms with E-state index in [2.05, 4.69) is 17.5 Å². The number of nitrogens with one attached hydrogen (secondary N) is 1. The fourth-order valence-electron chi connectivity index (χ4n) is 2.06. The molecule has 0 radical (unpaired) electrons. The zero-order chi connectivity index (χ0) is 12.8. The molecular weight excluding hydrogens is 244 g/mol. The molecule has 1 aliphatic rings. The molecule has 1 N–H and O–H groups in total. The number of hydrogen-bond donors (Lipinski definition) is 1. The van der Waals surface area contributed by atoms with E-state index < -0.39 is 0 Å². The Kier molecular flexibility index (Phi) is 5.06. The summed E-state index contributed by atoms with van der Waals surface area (Å²) < 4.78 is 5.60. The van der Waals surface area contributed by atoms with Gasteiger partial charge >= 0.3 is 0 Å². The summed E-state index contributed by atoms with van der Waals surface area (Å²) >= 11 is 1.73. The molecule has 0 amide bonds. The third-order valence-corrected chi connectivity index (χ3v) is 4.20. The van der Waals surface area contributed by atoms with E-state index in [0.717, 1.165) is 47.8 Å². The standard InChI is InChI=1S/C14H18N2OS/c1-16-9-11-4-5-14(12(7-11)8-15)18-10-13-3-2-6-17-13/h4-5,7,13,16H,2-3,6,9-10H2,1H3. The van der Waals surface area contributed by atoms with Crippen LogP contribution in [0.4, 0.5) is 0 Å². The summed E-state index contributed by atoms with van der Waals surface area (Å²) in [6.07, 6.45) is 2.67. The first-order chi connectivity index (χ1) is 8.83. The molecule has 1 heterocycles. The van der Waals surface area contributed by atoms with Crippen molar-refractivity contribution in [3.63, 3.8) is 0 Å². The summed E-state index contributed by atoms with van der Waals surface area (Å²) in [5.74, 6) is 0.944. The third kappa shape index (κ3) is 3.49. The van der Waals surface area contributed by atoms with Crippen molar-refractivity contribution >= 4 is 11.8 Å². The normalized spacial score (nSPS) is 18.8. The second-order valence-electron chi connectivity index (χ2n) is 4.42. The van der Waals surface area contributed by atoms with Crippen LogP contribution in [0.15, 0.2) is 23.1 Å². The van der Waals surface area contributed by atoms with Crippen molar-refractivity contribution in [2.75, 3.05) is 19.4 Å². The molecule has 1 aromatic rings. The Balaban J connectivity index is 2.00. The Morgan fingerprint density at radius 3 is 3.11 bits per heavy atom. The van der Waals surface area contributed by atoms with Gasteiger partial charge in [-0.05, 0) is 37.6 Å². The van der Waals surface area contributed by atoms with Crippen molar-refractivity contribution in [1.82, 2.24) is 5.32 Å². The van der Waals surface area contributed by atoms with Crippen LogP contribution in [0.2, 0.25) is 0 Å². The molecule has 1 aliphatic heterocycles. The van der Waals surface area contributed by atoms with E-state index in [9.17, 15) is 5.26 Å². The number of nitrogens with zero attached hydrogens (tertiary/aromatic N) is 1. The summed E-state index contributed by atoms with van der Waals surface area (Å²) in [7, 11) is 1.91. The highest BCUT2D eigenvalue weighted by molar-refractivity contribution is 7.99. The molecule has 0 spiro atoms. The second-order valence-corrected chi connectivity index (χ2v) is 5.48. The van der Waals surface area contributed by atoms with Crippen LogP contribution < -0.4 is 5.32 Å². The molecule has 4 heteroatoms. The molecule has 18 heavy (non-hydrogen) atoms. The summed E-state index contributed by atoms with van der Waals surface area (Å²) in [6.45, 7) is 1.68. The van der Waals surface area contributed by atoms with Crippen molar-refractivity contribution < 1.29 is 4.74 Å². The van der Waals surface area contributed by atoms with Crippen LogP contribution in [0, 0.1) is 11.3 Å². The lowest BCUT2D eigenvalue weighted by atomic mass is 10.1. The van der Waals surface area contributed by atoms with Gasteiger partial charge in [0, 0.05) is 23.8 Å². The van der Waals surface area contributed by atoms with Crippen molar-refractivity contribution in [3.8, 4) is 6.07 Å². The number of hydrogen-bond acceptors (Lipinski definition) is 4. The Labute approximate surface area is 113 Å². The van der Waals surface area contributed by atoms with Gasteiger partial charge in [0.2, 0.25) is 0 Å². The zero-order valence-corrected chi connectivity index (χ0v) is 11.4. The molecule has 3 nitrogen and oxygen atoms in total. The van der Waals surface area contributed by atoms with Crippen molar-refractivity contribution in [2.24, 2.45) is 0 Å². The number of rotatable bonds is 5. The molecule has 1 saturated heterocycles. The van der Waals surface area contributed by atoms with Crippen molar-refractivity contribution in [3.05, 3.63) is 29.3 Å². The van der Waals surface area contributed by atoms with Crippen LogP contribution in [0.25, 0.3) is 0 Å². The van der Waals surface area contributed by atoms with Crippen LogP contribution in [0.5, 0.6) is 0 Å². The average Bonchev–Trinajstić information content (AvgIpc) is 2.90. The van der Waals surface area contributed by atoms with E-state index in [1.165, 1.54) is 0 Å². The van der Waals surface area contributed by atoms with Gasteiger partial charge in [-0.3, -0.25) is 0 Å². The number of thioether (sulfide) groups is 1. The Hall–Kier alpha value is -1.02. The van der Waals surface area contributed by atoms with Gasteiger partial charge in [0.25, 0.3) is 0 Å². The molecular formula is C14H18N2OS. The molecule has 96 valence electrons. The van der Waals surface area contributed by atoms with Gasteiger partial charge < -0.3 is 10.1 Å². The predicted octanol–water partition coefficient (Wildman–Crippen LogP) is 2.55. The van der Waals surface area contributed by atoms with E-state index >= 15 is 0 Å². The Morgan fingerprint density at radius 1 is 1.56 bits per heavy atom. The monoisotopic (exact) mass is 262 g/mol. The highest BCUT2D eigenvalue weighted by Crippen LogP contribution is 2.27. The number of nitriles is 1. The lowest BCUT2D eigenvalue weighted by Gasteiger charge is -2.10. The van der Waals surface area contributed by atoms with Gasteiger partial charge in [-0.25, -0.2) is 0 Å². The fraction of sp³-hybridized carbons (Fsp3) is 0.500. The minimum Gasteiger partial charge on any atom is -0.377 e. The molecule has 0 saturated carbocycles. The van der Waals surface area contributed by atoms with Gasteiger partial charge in [-0.2, -0.15) is 5.26 Å². The molecule has 0 aliphatic carbocycles. The molecule has 2 rings (SSSR count). The maximum atomic E-state index is 9.19. The SMILES string of the molecule is CNCc1ccc(SCC2CCCO2)c(C#N)c1. The molecule has 0 bridgehead atoms. The third-order valence-electron chi connectivity index (χ3n) is 2.99. The predicted molar refractivity (Wildman–Crippen MR) is 73.6 cm³/mol. The van der Waals surface area contributed by atoms with Crippen LogP contribution in [-0.2, 0) is 11.3 Å². The van der Waals surface area contributed by atoms with E-state index in [0.29, 0.717) is 6.10 Å². The van der Waals surface area contributed by atoms with Crippen LogP contribution >= 0.6 is 11.8 Å². The number of ether oxygens (including phenoxy) is 1. The lowest BCUT2D eigenvalue weighted by Crippen LogP contribution is -2.08. The highest BCUT2D eigenvalue weighted by Gasteiger charge is 2.16. The van der Waals surface area contributed by atoms with Crippen molar-refractivity contribution in [2.45, 2.75) is 30.4 Å². The average molecular weight is 262 g/mol. The quantitative estimate of drug-likeness (QED) is 0.828. The van der Waals surface area contributed by atoms with E-state index in [-0.39, 0.29) is 0 Å². The maximum Gasteiger partial charge on any atom is 0.100 e. The van der Waals surface area contributed by atoms with Crippen LogP contribution in [-0.4, -0.2) is 25.5 Å². The highest BCUT2D eigenvalue weighted by atomic mass is 32.2. The van der Waals surface area contributed by atoms with E-state index in [1.54, 1.807) is 11.8 Å². The molecule has 1 atom stereocenters. The largest absolute Gasteiger partial charge is 0.377 e. The Morgan fingerprint density at radius 2 is 2.44 bits per heavy atom. The van der Waals surface area contributed by atoms with Gasteiger partial charge in [0.1, 0.15) is 6.07 Å². The lowest BCUT2D eigenvalue weighted by molar-refractivity contribution is 0.129. The molecule has 1 aromatic carbocycles. The summed E-state index contributed by atoms with van der Waals surface area (Å²) in [6, 6.07) is 8.37. The minimum atomic E-state index is 0.360. The minimum absolute atomic E-state index is 0.360. The van der Waals surface area contributed by atoms with Gasteiger partial charge in [0.15, 0.2) is 0 Å². The maximum absolute atomic E-state index is 9.19. The van der Waals surface area contributed by atoms with E-state index in [4.69, 9.17) is 4.74 Å². The number of benzene rings is 1. The molecule has 0 aromatic heterocycles. The molecule has 1 fully saturated rings. The topological polar surface area (TPSA) is 45.0 Å². The summed E-state index contributed by atoms with van der Waals surface area (Å²) in [5, 5.41) is 12.3. The zero-order valence-electron chi connectivity index (χ0n) is 10.6. The van der Waals surface area contributed by atoms with Crippen LogP contribution in [0.1, 0.15) is 24.0 Å². The first-order valence-corrected chi connectivity index (χ1v) is 7.24. The van der Waals surface area contributed by atoms with Gasteiger partial charge in [-0.1, -0.05) is 6.07 Å². The first-order valence-electron chi connectivity index (χ1n) is 6.25.